The van der Waals surface area contributed by atoms with Crippen LogP contribution >= 0.6 is 0 Å². The zero-order chi connectivity index (χ0) is 19.5. The Morgan fingerprint density at radius 2 is 1.50 bits per heavy atom. The molecule has 3 heteroatoms. The first-order valence-electron chi connectivity index (χ1n) is 9.87. The number of anilines is 1. The summed E-state index contributed by atoms with van der Waals surface area (Å²) >= 11 is 0. The number of hydrogen-bond acceptors (Lipinski definition) is 3. The first kappa shape index (κ1) is 18.5. The summed E-state index contributed by atoms with van der Waals surface area (Å²) in [6.07, 6.45) is 1.13. The minimum absolute atomic E-state index is 1.02. The average Bonchev–Trinajstić information content (AvgIpc) is 2.72. The molecule has 0 fully saturated rings. The number of fused-ring (bicyclic) bond motifs is 2. The van der Waals surface area contributed by atoms with Crippen molar-refractivity contribution in [2.75, 3.05) is 39.1 Å². The van der Waals surface area contributed by atoms with E-state index >= 15 is 0 Å². The second-order valence-corrected chi connectivity index (χ2v) is 7.68. The van der Waals surface area contributed by atoms with E-state index in [-0.39, 0.29) is 0 Å². The predicted octanol–water partition coefficient (Wildman–Crippen LogP) is 5.44. The lowest BCUT2D eigenvalue weighted by atomic mass is 10.0. The Kier molecular flexibility index (Phi) is 5.27. The van der Waals surface area contributed by atoms with Crippen LogP contribution in [0.4, 0.5) is 5.69 Å². The zero-order valence-corrected chi connectivity index (χ0v) is 16.9. The SMILES string of the molecule is CN(C)CCCN(C)c1cc(-c2ccc3ccccc3c2)nc2ccccc12. The van der Waals surface area contributed by atoms with Gasteiger partial charge in [-0.25, -0.2) is 4.98 Å². The van der Waals surface area contributed by atoms with Gasteiger partial charge in [-0.15, -0.1) is 0 Å². The van der Waals surface area contributed by atoms with Crippen molar-refractivity contribution in [3.05, 3.63) is 72.8 Å². The topological polar surface area (TPSA) is 19.4 Å². The minimum atomic E-state index is 1.02. The fourth-order valence-corrected chi connectivity index (χ4v) is 3.71. The van der Waals surface area contributed by atoms with Gasteiger partial charge in [-0.3, -0.25) is 0 Å². The molecule has 0 radical (unpaired) electrons. The molecule has 142 valence electrons. The summed E-state index contributed by atoms with van der Waals surface area (Å²) in [5.74, 6) is 0. The van der Waals surface area contributed by atoms with Crippen molar-refractivity contribution in [3.63, 3.8) is 0 Å². The standard InChI is InChI=1S/C25H27N3/c1-27(2)15-8-16-28(3)25-18-24(26-23-12-7-6-11-22(23)25)21-14-13-19-9-4-5-10-20(19)17-21/h4-7,9-14,17-18H,8,15-16H2,1-3H3. The predicted molar refractivity (Wildman–Crippen MR) is 121 cm³/mol. The van der Waals surface area contributed by atoms with Gasteiger partial charge in [-0.1, -0.05) is 54.6 Å². The maximum atomic E-state index is 4.97. The van der Waals surface area contributed by atoms with E-state index in [4.69, 9.17) is 4.98 Å². The zero-order valence-electron chi connectivity index (χ0n) is 16.9. The Labute approximate surface area is 167 Å². The number of pyridine rings is 1. The molecule has 0 aliphatic carbocycles. The molecule has 3 aromatic carbocycles. The summed E-state index contributed by atoms with van der Waals surface area (Å²) in [5, 5.41) is 3.71. The summed E-state index contributed by atoms with van der Waals surface area (Å²) < 4.78 is 0. The molecule has 0 bridgehead atoms. The molecule has 0 amide bonds. The van der Waals surface area contributed by atoms with Gasteiger partial charge in [0.05, 0.1) is 11.2 Å². The Morgan fingerprint density at radius 3 is 2.32 bits per heavy atom. The van der Waals surface area contributed by atoms with Gasteiger partial charge in [0.25, 0.3) is 0 Å². The highest BCUT2D eigenvalue weighted by molar-refractivity contribution is 5.95. The van der Waals surface area contributed by atoms with Gasteiger partial charge >= 0.3 is 0 Å². The van der Waals surface area contributed by atoms with Gasteiger partial charge in [-0.2, -0.15) is 0 Å². The summed E-state index contributed by atoms with van der Waals surface area (Å²) in [4.78, 5) is 9.56. The molecule has 3 nitrogen and oxygen atoms in total. The van der Waals surface area contributed by atoms with Crippen LogP contribution in [0.2, 0.25) is 0 Å². The molecule has 28 heavy (non-hydrogen) atoms. The molecule has 0 aliphatic rings. The third kappa shape index (κ3) is 3.85. The molecule has 0 saturated heterocycles. The molecule has 0 saturated carbocycles. The molecule has 0 aliphatic heterocycles. The van der Waals surface area contributed by atoms with Gasteiger partial charge in [-0.05, 0) is 56.0 Å². The van der Waals surface area contributed by atoms with Gasteiger partial charge in [0.2, 0.25) is 0 Å². The highest BCUT2D eigenvalue weighted by atomic mass is 15.1. The number of nitrogens with zero attached hydrogens (tertiary/aromatic N) is 3. The molecule has 0 N–H and O–H groups in total. The van der Waals surface area contributed by atoms with Crippen molar-refractivity contribution < 1.29 is 0 Å². The van der Waals surface area contributed by atoms with E-state index in [0.717, 1.165) is 36.3 Å². The summed E-state index contributed by atoms with van der Waals surface area (Å²) in [7, 11) is 6.43. The van der Waals surface area contributed by atoms with Crippen molar-refractivity contribution in [3.8, 4) is 11.3 Å². The maximum absolute atomic E-state index is 4.97. The third-order valence-corrected chi connectivity index (χ3v) is 5.25. The maximum Gasteiger partial charge on any atom is 0.0730 e. The number of benzene rings is 3. The van der Waals surface area contributed by atoms with Crippen molar-refractivity contribution in [2.24, 2.45) is 0 Å². The van der Waals surface area contributed by atoms with Gasteiger partial charge in [0, 0.05) is 30.2 Å². The second kappa shape index (κ2) is 7.99. The summed E-state index contributed by atoms with van der Waals surface area (Å²) in [5.41, 5.74) is 4.47. The lowest BCUT2D eigenvalue weighted by molar-refractivity contribution is 0.402. The Morgan fingerprint density at radius 1 is 0.750 bits per heavy atom. The molecule has 0 atom stereocenters. The second-order valence-electron chi connectivity index (χ2n) is 7.68. The van der Waals surface area contributed by atoms with E-state index in [0.29, 0.717) is 0 Å². The van der Waals surface area contributed by atoms with E-state index in [1.807, 2.05) is 0 Å². The molecular weight excluding hydrogens is 342 g/mol. The van der Waals surface area contributed by atoms with Gasteiger partial charge < -0.3 is 9.80 Å². The Bertz CT molecular complexity index is 1100. The fraction of sp³-hybridized carbons (Fsp3) is 0.240. The molecule has 0 unspecified atom stereocenters. The number of hydrogen-bond donors (Lipinski definition) is 0. The van der Waals surface area contributed by atoms with Crippen LogP contribution in [0.5, 0.6) is 0 Å². The van der Waals surface area contributed by atoms with Crippen molar-refractivity contribution in [1.29, 1.82) is 0 Å². The highest BCUT2D eigenvalue weighted by Gasteiger charge is 2.11. The van der Waals surface area contributed by atoms with Crippen molar-refractivity contribution in [2.45, 2.75) is 6.42 Å². The highest BCUT2D eigenvalue weighted by Crippen LogP contribution is 2.31. The van der Waals surface area contributed by atoms with Crippen LogP contribution in [0.15, 0.2) is 72.8 Å². The van der Waals surface area contributed by atoms with Crippen LogP contribution in [0.3, 0.4) is 0 Å². The van der Waals surface area contributed by atoms with Gasteiger partial charge in [0.15, 0.2) is 0 Å². The lowest BCUT2D eigenvalue weighted by Crippen LogP contribution is -2.23. The molecule has 4 aromatic rings. The normalized spacial score (nSPS) is 11.4. The molecule has 1 aromatic heterocycles. The van der Waals surface area contributed by atoms with Crippen LogP contribution in [-0.4, -0.2) is 44.1 Å². The molecular formula is C25H27N3. The lowest BCUT2D eigenvalue weighted by Gasteiger charge is -2.23. The van der Waals surface area contributed by atoms with Crippen LogP contribution in [0, 0.1) is 0 Å². The van der Waals surface area contributed by atoms with E-state index in [2.05, 4.69) is 104 Å². The van der Waals surface area contributed by atoms with E-state index in [1.165, 1.54) is 21.8 Å². The van der Waals surface area contributed by atoms with Crippen LogP contribution < -0.4 is 4.90 Å². The first-order chi connectivity index (χ1) is 13.6. The van der Waals surface area contributed by atoms with E-state index in [9.17, 15) is 0 Å². The van der Waals surface area contributed by atoms with Crippen molar-refractivity contribution >= 4 is 27.4 Å². The molecule has 4 rings (SSSR count). The number of rotatable bonds is 6. The fourth-order valence-electron chi connectivity index (χ4n) is 3.71. The first-order valence-corrected chi connectivity index (χ1v) is 9.87. The average molecular weight is 370 g/mol. The van der Waals surface area contributed by atoms with Gasteiger partial charge in [0.1, 0.15) is 0 Å². The van der Waals surface area contributed by atoms with E-state index < -0.39 is 0 Å². The summed E-state index contributed by atoms with van der Waals surface area (Å²) in [6, 6.07) is 25.8. The number of para-hydroxylation sites is 1. The largest absolute Gasteiger partial charge is 0.374 e. The molecule has 0 spiro atoms. The molecule has 1 heterocycles. The van der Waals surface area contributed by atoms with Crippen LogP contribution in [0.25, 0.3) is 32.9 Å². The Hall–Kier alpha value is -2.91. The quantitative estimate of drug-likeness (QED) is 0.451. The van der Waals surface area contributed by atoms with Crippen molar-refractivity contribution in [1.82, 2.24) is 9.88 Å². The Balaban J connectivity index is 1.76. The third-order valence-electron chi connectivity index (χ3n) is 5.25. The summed E-state index contributed by atoms with van der Waals surface area (Å²) in [6.45, 7) is 2.11. The smallest absolute Gasteiger partial charge is 0.0730 e. The van der Waals surface area contributed by atoms with Crippen LogP contribution in [-0.2, 0) is 0 Å². The number of aromatic nitrogens is 1. The van der Waals surface area contributed by atoms with E-state index in [1.54, 1.807) is 0 Å². The minimum Gasteiger partial charge on any atom is -0.374 e. The monoisotopic (exact) mass is 369 g/mol. The van der Waals surface area contributed by atoms with Crippen LogP contribution in [0.1, 0.15) is 6.42 Å².